The molecule has 0 aliphatic heterocycles. The average Bonchev–Trinajstić information content (AvgIpc) is 2.68. The second-order valence-electron chi connectivity index (χ2n) is 9.84. The van der Waals surface area contributed by atoms with Crippen LogP contribution in [0.1, 0.15) is 156 Å². The lowest BCUT2D eigenvalue weighted by atomic mass is 9.99. The van der Waals surface area contributed by atoms with Gasteiger partial charge < -0.3 is 0 Å². The van der Waals surface area contributed by atoms with Crippen LogP contribution >= 0.6 is 0 Å². The molecule has 0 rings (SSSR count). The van der Waals surface area contributed by atoms with Gasteiger partial charge >= 0.3 is 0 Å². The minimum atomic E-state index is 0.891. The fraction of sp³-hybridized carbons (Fsp3) is 0.929. The molecule has 0 saturated heterocycles. The molecule has 0 aromatic rings. The van der Waals surface area contributed by atoms with Crippen LogP contribution in [0, 0.1) is 11.8 Å². The van der Waals surface area contributed by atoms with Crippen molar-refractivity contribution in [2.45, 2.75) is 156 Å². The number of unbranched alkanes of at least 4 members (excludes halogenated alkanes) is 15. The van der Waals surface area contributed by atoms with Crippen LogP contribution in [-0.4, -0.2) is 0 Å². The third kappa shape index (κ3) is 23.8. The van der Waals surface area contributed by atoms with Gasteiger partial charge in [-0.1, -0.05) is 143 Å². The zero-order valence-corrected chi connectivity index (χ0v) is 20.5. The number of hydrogen-bond acceptors (Lipinski definition) is 0. The summed E-state index contributed by atoms with van der Waals surface area (Å²) in [6, 6.07) is 0. The van der Waals surface area contributed by atoms with Crippen molar-refractivity contribution in [3.8, 4) is 0 Å². The van der Waals surface area contributed by atoms with Gasteiger partial charge in [0, 0.05) is 0 Å². The highest BCUT2D eigenvalue weighted by atomic mass is 14.0. The van der Waals surface area contributed by atoms with Gasteiger partial charge in [0.2, 0.25) is 0 Å². The molecule has 0 heterocycles. The molecule has 0 nitrogen and oxygen atoms in total. The first kappa shape index (κ1) is 27.7. The van der Waals surface area contributed by atoms with E-state index in [-0.39, 0.29) is 0 Å². The monoisotopic (exact) mass is 392 g/mol. The molecule has 0 saturated carbocycles. The first-order chi connectivity index (χ1) is 13.7. The fourth-order valence-electron chi connectivity index (χ4n) is 3.95. The summed E-state index contributed by atoms with van der Waals surface area (Å²) >= 11 is 0. The first-order valence-electron chi connectivity index (χ1n) is 13.3. The summed E-state index contributed by atoms with van der Waals surface area (Å²) in [6.07, 6.45) is 33.4. The zero-order chi connectivity index (χ0) is 20.7. The standard InChI is InChI=1S/C28H56/c1-5-28(4)26-24-22-20-18-16-14-12-10-8-6-7-9-11-13-15-17-19-21-23-25-27(2)3/h6,8,27-28H,5,7,9-26H2,1-4H3/b8-6-. The summed E-state index contributed by atoms with van der Waals surface area (Å²) in [5, 5.41) is 0. The van der Waals surface area contributed by atoms with E-state index in [9.17, 15) is 0 Å². The highest BCUT2D eigenvalue weighted by Gasteiger charge is 1.98. The smallest absolute Gasteiger partial charge is 0.0351 e. The minimum absolute atomic E-state index is 0.891. The highest BCUT2D eigenvalue weighted by Crippen LogP contribution is 2.15. The lowest BCUT2D eigenvalue weighted by molar-refractivity contribution is 0.470. The maximum absolute atomic E-state index is 2.45. The van der Waals surface area contributed by atoms with E-state index >= 15 is 0 Å². The predicted molar refractivity (Wildman–Crippen MR) is 131 cm³/mol. The summed E-state index contributed by atoms with van der Waals surface area (Å²) < 4.78 is 0. The molecule has 0 aromatic carbocycles. The predicted octanol–water partition coefficient (Wildman–Crippen LogP) is 10.7. The minimum Gasteiger partial charge on any atom is -0.0885 e. The number of rotatable bonds is 22. The van der Waals surface area contributed by atoms with Crippen LogP contribution in [0.25, 0.3) is 0 Å². The van der Waals surface area contributed by atoms with Crippen LogP contribution in [0.2, 0.25) is 0 Å². The summed E-state index contributed by atoms with van der Waals surface area (Å²) in [6.45, 7) is 9.39. The van der Waals surface area contributed by atoms with Gasteiger partial charge in [0.05, 0.1) is 0 Å². The normalized spacial score (nSPS) is 13.0. The molecule has 0 aromatic heterocycles. The topological polar surface area (TPSA) is 0 Å². The molecule has 1 unspecified atom stereocenters. The molecule has 0 N–H and O–H groups in total. The van der Waals surface area contributed by atoms with Crippen molar-refractivity contribution in [1.29, 1.82) is 0 Å². The molecule has 0 fully saturated rings. The van der Waals surface area contributed by atoms with Crippen LogP contribution in [0.15, 0.2) is 12.2 Å². The van der Waals surface area contributed by atoms with Gasteiger partial charge in [-0.05, 0) is 37.5 Å². The molecule has 168 valence electrons. The lowest BCUT2D eigenvalue weighted by Crippen LogP contribution is -1.91. The lowest BCUT2D eigenvalue weighted by Gasteiger charge is -2.07. The molecule has 28 heavy (non-hydrogen) atoms. The molecule has 0 aliphatic carbocycles. The molecule has 1 atom stereocenters. The third-order valence-electron chi connectivity index (χ3n) is 6.33. The Bertz CT molecular complexity index is 301. The van der Waals surface area contributed by atoms with Crippen LogP contribution < -0.4 is 0 Å². The van der Waals surface area contributed by atoms with E-state index in [4.69, 9.17) is 0 Å². The van der Waals surface area contributed by atoms with Crippen molar-refractivity contribution < 1.29 is 0 Å². The average molecular weight is 393 g/mol. The van der Waals surface area contributed by atoms with E-state index in [1.165, 1.54) is 128 Å². The summed E-state index contributed by atoms with van der Waals surface area (Å²) in [4.78, 5) is 0. The fourth-order valence-corrected chi connectivity index (χ4v) is 3.95. The van der Waals surface area contributed by atoms with Gasteiger partial charge in [0.15, 0.2) is 0 Å². The van der Waals surface area contributed by atoms with Crippen LogP contribution in [0.4, 0.5) is 0 Å². The number of allylic oxidation sites excluding steroid dienone is 2. The van der Waals surface area contributed by atoms with Crippen molar-refractivity contribution in [3.05, 3.63) is 12.2 Å². The summed E-state index contributed by atoms with van der Waals surface area (Å²) in [5.41, 5.74) is 0. The van der Waals surface area contributed by atoms with Crippen molar-refractivity contribution in [2.24, 2.45) is 11.8 Å². The third-order valence-corrected chi connectivity index (χ3v) is 6.33. The second-order valence-corrected chi connectivity index (χ2v) is 9.84. The van der Waals surface area contributed by atoms with Crippen molar-refractivity contribution in [3.63, 3.8) is 0 Å². The van der Waals surface area contributed by atoms with E-state index in [1.54, 1.807) is 0 Å². The van der Waals surface area contributed by atoms with Crippen LogP contribution in [-0.2, 0) is 0 Å². The van der Waals surface area contributed by atoms with E-state index in [1.807, 2.05) is 0 Å². The Labute approximate surface area is 180 Å². The van der Waals surface area contributed by atoms with Gasteiger partial charge in [-0.2, -0.15) is 0 Å². The van der Waals surface area contributed by atoms with Gasteiger partial charge in [-0.25, -0.2) is 0 Å². The van der Waals surface area contributed by atoms with E-state index in [2.05, 4.69) is 39.8 Å². The van der Waals surface area contributed by atoms with Crippen molar-refractivity contribution in [1.82, 2.24) is 0 Å². The number of hydrogen-bond donors (Lipinski definition) is 0. The second kappa shape index (κ2) is 23.0. The molecule has 0 bridgehead atoms. The Morgan fingerprint density at radius 2 is 0.821 bits per heavy atom. The zero-order valence-electron chi connectivity index (χ0n) is 20.5. The summed E-state index contributed by atoms with van der Waals surface area (Å²) in [5.74, 6) is 1.83. The van der Waals surface area contributed by atoms with E-state index < -0.39 is 0 Å². The SMILES string of the molecule is CCC(C)CCCCCCCCC/C=C\CCCCCCCCCCC(C)C. The van der Waals surface area contributed by atoms with Crippen molar-refractivity contribution in [2.75, 3.05) is 0 Å². The van der Waals surface area contributed by atoms with E-state index in [0.717, 1.165) is 11.8 Å². The van der Waals surface area contributed by atoms with E-state index in [0.29, 0.717) is 0 Å². The highest BCUT2D eigenvalue weighted by molar-refractivity contribution is 4.81. The molecule has 0 aliphatic rings. The first-order valence-corrected chi connectivity index (χ1v) is 13.3. The quantitative estimate of drug-likeness (QED) is 0.127. The molecule has 0 radical (unpaired) electrons. The van der Waals surface area contributed by atoms with Gasteiger partial charge in [0.1, 0.15) is 0 Å². The Morgan fingerprint density at radius 3 is 1.21 bits per heavy atom. The Hall–Kier alpha value is -0.260. The van der Waals surface area contributed by atoms with Gasteiger partial charge in [0.25, 0.3) is 0 Å². The Balaban J connectivity index is 3.11. The van der Waals surface area contributed by atoms with Gasteiger partial charge in [-0.3, -0.25) is 0 Å². The van der Waals surface area contributed by atoms with Gasteiger partial charge in [-0.15, -0.1) is 0 Å². The largest absolute Gasteiger partial charge is 0.0885 e. The molecule has 0 amide bonds. The Kier molecular flexibility index (Phi) is 22.8. The van der Waals surface area contributed by atoms with Crippen LogP contribution in [0.3, 0.4) is 0 Å². The molecule has 0 heteroatoms. The molecular weight excluding hydrogens is 336 g/mol. The van der Waals surface area contributed by atoms with Crippen molar-refractivity contribution >= 4 is 0 Å². The maximum atomic E-state index is 2.45. The van der Waals surface area contributed by atoms with Crippen LogP contribution in [0.5, 0.6) is 0 Å². The molecular formula is C28H56. The summed E-state index contributed by atoms with van der Waals surface area (Å²) in [7, 11) is 0. The molecule has 0 spiro atoms. The Morgan fingerprint density at radius 1 is 0.464 bits per heavy atom. The maximum Gasteiger partial charge on any atom is -0.0351 e.